The lowest BCUT2D eigenvalue weighted by molar-refractivity contribution is -0.163. The molecule has 122 valence electrons. The van der Waals surface area contributed by atoms with Crippen molar-refractivity contribution in [3.63, 3.8) is 0 Å². The Morgan fingerprint density at radius 1 is 0.952 bits per heavy atom. The predicted molar refractivity (Wildman–Crippen MR) is 78.6 cm³/mol. The number of rotatable bonds is 9. The van der Waals surface area contributed by atoms with Gasteiger partial charge in [0.15, 0.2) is 0 Å². The van der Waals surface area contributed by atoms with Gasteiger partial charge in [-0.3, -0.25) is 9.59 Å². The molecule has 1 N–H and O–H groups in total. The summed E-state index contributed by atoms with van der Waals surface area (Å²) in [6, 6.07) is 0. The van der Waals surface area contributed by atoms with Gasteiger partial charge in [0.2, 0.25) is 0 Å². The summed E-state index contributed by atoms with van der Waals surface area (Å²) >= 11 is 0. The number of aliphatic hydroxyl groups is 1. The molecule has 1 aliphatic rings. The van der Waals surface area contributed by atoms with Crippen molar-refractivity contribution in [2.75, 3.05) is 19.8 Å². The molecule has 0 aromatic heterocycles. The van der Waals surface area contributed by atoms with E-state index in [9.17, 15) is 9.59 Å². The van der Waals surface area contributed by atoms with Gasteiger partial charge >= 0.3 is 11.9 Å². The molecule has 0 heterocycles. The van der Waals surface area contributed by atoms with Gasteiger partial charge in [-0.1, -0.05) is 39.0 Å². The van der Waals surface area contributed by atoms with E-state index in [0.29, 0.717) is 19.4 Å². The number of esters is 2. The van der Waals surface area contributed by atoms with Gasteiger partial charge < -0.3 is 14.6 Å². The fourth-order valence-electron chi connectivity index (χ4n) is 2.76. The smallest absolute Gasteiger partial charge is 0.309 e. The van der Waals surface area contributed by atoms with Crippen LogP contribution in [0.2, 0.25) is 0 Å². The fourth-order valence-corrected chi connectivity index (χ4v) is 2.76. The van der Waals surface area contributed by atoms with Crippen LogP contribution < -0.4 is 0 Å². The van der Waals surface area contributed by atoms with E-state index in [4.69, 9.17) is 14.6 Å². The van der Waals surface area contributed by atoms with Crippen molar-refractivity contribution < 1.29 is 24.2 Å². The van der Waals surface area contributed by atoms with E-state index >= 15 is 0 Å². The fraction of sp³-hybridized carbons (Fsp3) is 0.875. The molecule has 5 nitrogen and oxygen atoms in total. The lowest BCUT2D eigenvalue weighted by Crippen LogP contribution is -2.35. The molecular formula is C16H28O5. The van der Waals surface area contributed by atoms with Gasteiger partial charge in [0.25, 0.3) is 0 Å². The van der Waals surface area contributed by atoms with Crippen LogP contribution in [0.15, 0.2) is 0 Å². The first-order chi connectivity index (χ1) is 10.2. The molecule has 0 aromatic rings. The van der Waals surface area contributed by atoms with Gasteiger partial charge in [0, 0.05) is 0 Å². The van der Waals surface area contributed by atoms with Crippen molar-refractivity contribution in [1.29, 1.82) is 0 Å². The summed E-state index contributed by atoms with van der Waals surface area (Å²) in [5.74, 6) is -1.43. The number of carbonyl (C=O) groups is 2. The Kier molecular flexibility index (Phi) is 9.06. The molecule has 0 saturated heterocycles. The highest BCUT2D eigenvalue weighted by atomic mass is 16.5. The third-order valence-corrected chi connectivity index (χ3v) is 3.95. The minimum atomic E-state index is -0.409. The number of hydrogen-bond acceptors (Lipinski definition) is 5. The van der Waals surface area contributed by atoms with E-state index in [1.807, 2.05) is 0 Å². The molecule has 5 heteroatoms. The summed E-state index contributed by atoms with van der Waals surface area (Å²) in [5.41, 5.74) is 0. The van der Waals surface area contributed by atoms with E-state index in [-0.39, 0.29) is 31.1 Å². The van der Waals surface area contributed by atoms with E-state index in [2.05, 4.69) is 6.92 Å². The van der Waals surface area contributed by atoms with Gasteiger partial charge in [0.1, 0.15) is 6.61 Å². The molecule has 0 aliphatic heterocycles. The Balaban J connectivity index is 2.40. The summed E-state index contributed by atoms with van der Waals surface area (Å²) in [6.07, 6.45) is 7.47. The second-order valence-electron chi connectivity index (χ2n) is 5.62. The summed E-state index contributed by atoms with van der Waals surface area (Å²) in [7, 11) is 0. The number of hydrogen-bond donors (Lipinski definition) is 1. The lowest BCUT2D eigenvalue weighted by Gasteiger charge is -2.28. The molecule has 0 radical (unpaired) electrons. The van der Waals surface area contributed by atoms with E-state index in [1.165, 1.54) is 0 Å². The highest BCUT2D eigenvalue weighted by Gasteiger charge is 2.37. The summed E-state index contributed by atoms with van der Waals surface area (Å²) in [5, 5.41) is 8.71. The average Bonchev–Trinajstić information content (AvgIpc) is 2.52. The molecule has 0 spiro atoms. The van der Waals surface area contributed by atoms with Gasteiger partial charge in [-0.05, 0) is 19.3 Å². The Bertz CT molecular complexity index is 316. The SMILES string of the molecule is CCCCCCOC(=O)C1CCCCC1C(=O)OCCO. The molecule has 2 atom stereocenters. The minimum Gasteiger partial charge on any atom is -0.465 e. The van der Waals surface area contributed by atoms with Crippen LogP contribution in [0.25, 0.3) is 0 Å². The molecule has 1 rings (SSSR count). The van der Waals surface area contributed by atoms with Crippen molar-refractivity contribution in [2.45, 2.75) is 58.3 Å². The van der Waals surface area contributed by atoms with E-state index in [1.54, 1.807) is 0 Å². The highest BCUT2D eigenvalue weighted by molar-refractivity contribution is 5.82. The minimum absolute atomic E-state index is 0.00583. The zero-order valence-corrected chi connectivity index (χ0v) is 13.0. The number of unbranched alkanes of at least 4 members (excludes halogenated alkanes) is 3. The summed E-state index contributed by atoms with van der Waals surface area (Å²) in [6.45, 7) is 2.38. The van der Waals surface area contributed by atoms with Gasteiger partial charge in [-0.15, -0.1) is 0 Å². The normalized spacial score (nSPS) is 21.8. The standard InChI is InChI=1S/C16H28O5/c1-2-3-4-7-11-20-15(18)13-8-5-6-9-14(13)16(19)21-12-10-17/h13-14,17H,2-12H2,1H3. The van der Waals surface area contributed by atoms with Gasteiger partial charge in [-0.2, -0.15) is 0 Å². The van der Waals surface area contributed by atoms with Crippen LogP contribution in [0.3, 0.4) is 0 Å². The van der Waals surface area contributed by atoms with Gasteiger partial charge in [-0.25, -0.2) is 0 Å². The van der Waals surface area contributed by atoms with Crippen LogP contribution in [0, 0.1) is 11.8 Å². The van der Waals surface area contributed by atoms with Crippen LogP contribution in [-0.2, 0) is 19.1 Å². The van der Waals surface area contributed by atoms with Crippen LogP contribution in [0.1, 0.15) is 58.3 Å². The van der Waals surface area contributed by atoms with Crippen molar-refractivity contribution in [1.82, 2.24) is 0 Å². The first kappa shape index (κ1) is 18.0. The first-order valence-electron chi connectivity index (χ1n) is 8.14. The maximum atomic E-state index is 12.1. The quantitative estimate of drug-likeness (QED) is 0.523. The molecule has 1 fully saturated rings. The van der Waals surface area contributed by atoms with E-state index in [0.717, 1.165) is 38.5 Å². The third kappa shape index (κ3) is 6.46. The Morgan fingerprint density at radius 3 is 2.05 bits per heavy atom. The summed E-state index contributed by atoms with van der Waals surface area (Å²) < 4.78 is 10.3. The first-order valence-corrected chi connectivity index (χ1v) is 8.14. The topological polar surface area (TPSA) is 72.8 Å². The van der Waals surface area contributed by atoms with Crippen LogP contribution in [0.4, 0.5) is 0 Å². The molecule has 1 saturated carbocycles. The molecule has 0 aromatic carbocycles. The van der Waals surface area contributed by atoms with E-state index < -0.39 is 5.92 Å². The van der Waals surface area contributed by atoms with Crippen molar-refractivity contribution >= 4 is 11.9 Å². The maximum absolute atomic E-state index is 12.1. The molecule has 21 heavy (non-hydrogen) atoms. The molecule has 0 amide bonds. The van der Waals surface area contributed by atoms with Crippen LogP contribution >= 0.6 is 0 Å². The van der Waals surface area contributed by atoms with Crippen LogP contribution in [-0.4, -0.2) is 36.9 Å². The third-order valence-electron chi connectivity index (χ3n) is 3.95. The van der Waals surface area contributed by atoms with Crippen molar-refractivity contribution in [3.05, 3.63) is 0 Å². The van der Waals surface area contributed by atoms with Crippen molar-refractivity contribution in [2.24, 2.45) is 11.8 Å². The largest absolute Gasteiger partial charge is 0.465 e. The highest BCUT2D eigenvalue weighted by Crippen LogP contribution is 2.32. The lowest BCUT2D eigenvalue weighted by atomic mass is 9.79. The second-order valence-corrected chi connectivity index (χ2v) is 5.62. The maximum Gasteiger partial charge on any atom is 0.309 e. The monoisotopic (exact) mass is 300 g/mol. The second kappa shape index (κ2) is 10.6. The number of ether oxygens (including phenoxy) is 2. The average molecular weight is 300 g/mol. The zero-order chi connectivity index (χ0) is 15.5. The Hall–Kier alpha value is -1.10. The number of carbonyl (C=O) groups excluding carboxylic acids is 2. The van der Waals surface area contributed by atoms with Gasteiger partial charge in [0.05, 0.1) is 25.0 Å². The molecular weight excluding hydrogens is 272 g/mol. The molecule has 1 aliphatic carbocycles. The molecule has 2 unspecified atom stereocenters. The Morgan fingerprint density at radius 2 is 1.52 bits per heavy atom. The van der Waals surface area contributed by atoms with Crippen LogP contribution in [0.5, 0.6) is 0 Å². The molecule has 0 bridgehead atoms. The Labute approximate surface area is 127 Å². The zero-order valence-electron chi connectivity index (χ0n) is 13.0. The van der Waals surface area contributed by atoms with Crippen molar-refractivity contribution in [3.8, 4) is 0 Å². The summed E-state index contributed by atoms with van der Waals surface area (Å²) in [4.78, 5) is 24.1. The number of aliphatic hydroxyl groups excluding tert-OH is 1. The predicted octanol–water partition coefficient (Wildman–Crippen LogP) is 2.45.